The maximum atomic E-state index is 5.66. The SMILES string of the molecule is COc1cn2c(C)c(-c3nonc3N)nc2cn1. The fourth-order valence-electron chi connectivity index (χ4n) is 1.74. The highest BCUT2D eigenvalue weighted by atomic mass is 16.6. The lowest BCUT2D eigenvalue weighted by Gasteiger charge is -2.00. The Morgan fingerprint density at radius 1 is 1.33 bits per heavy atom. The van der Waals surface area contributed by atoms with E-state index in [0.717, 1.165) is 5.69 Å². The number of methoxy groups -OCH3 is 1. The Bertz CT molecular complexity index is 716. The molecule has 8 heteroatoms. The number of nitrogens with zero attached hydrogens (tertiary/aromatic N) is 5. The lowest BCUT2D eigenvalue weighted by atomic mass is 10.2. The third-order valence-corrected chi connectivity index (χ3v) is 2.67. The molecule has 0 aliphatic rings. The van der Waals surface area contributed by atoms with Crippen LogP contribution in [0.2, 0.25) is 0 Å². The maximum Gasteiger partial charge on any atom is 0.230 e. The molecule has 3 heterocycles. The molecule has 2 N–H and O–H groups in total. The summed E-state index contributed by atoms with van der Waals surface area (Å²) >= 11 is 0. The molecular formula is C10H10N6O2. The first-order chi connectivity index (χ1) is 8.70. The smallest absolute Gasteiger partial charge is 0.230 e. The van der Waals surface area contributed by atoms with Crippen molar-refractivity contribution in [1.29, 1.82) is 0 Å². The van der Waals surface area contributed by atoms with Gasteiger partial charge in [0.25, 0.3) is 0 Å². The fraction of sp³-hybridized carbons (Fsp3) is 0.200. The molecule has 92 valence electrons. The van der Waals surface area contributed by atoms with Gasteiger partial charge in [0.2, 0.25) is 5.88 Å². The minimum Gasteiger partial charge on any atom is -0.480 e. The van der Waals surface area contributed by atoms with E-state index in [9.17, 15) is 0 Å². The quantitative estimate of drug-likeness (QED) is 0.708. The van der Waals surface area contributed by atoms with Crippen molar-refractivity contribution in [1.82, 2.24) is 24.7 Å². The highest BCUT2D eigenvalue weighted by molar-refractivity contribution is 5.70. The fourth-order valence-corrected chi connectivity index (χ4v) is 1.74. The molecule has 0 aromatic carbocycles. The van der Waals surface area contributed by atoms with Gasteiger partial charge in [-0.2, -0.15) is 0 Å². The first-order valence-electron chi connectivity index (χ1n) is 5.18. The van der Waals surface area contributed by atoms with Crippen LogP contribution in [0.25, 0.3) is 17.0 Å². The van der Waals surface area contributed by atoms with Crippen LogP contribution in [0.3, 0.4) is 0 Å². The van der Waals surface area contributed by atoms with Gasteiger partial charge in [-0.05, 0) is 17.2 Å². The van der Waals surface area contributed by atoms with Crippen LogP contribution in [-0.4, -0.2) is 31.8 Å². The molecule has 3 rings (SSSR count). The van der Waals surface area contributed by atoms with Crippen LogP contribution in [0.4, 0.5) is 5.82 Å². The lowest BCUT2D eigenvalue weighted by Crippen LogP contribution is -1.94. The zero-order valence-corrected chi connectivity index (χ0v) is 9.78. The number of aromatic nitrogens is 5. The molecule has 3 aromatic rings. The Labute approximate surface area is 101 Å². The predicted octanol–water partition coefficient (Wildman–Crippen LogP) is 0.679. The Hall–Kier alpha value is -2.64. The van der Waals surface area contributed by atoms with Gasteiger partial charge in [-0.1, -0.05) is 0 Å². The second-order valence-corrected chi connectivity index (χ2v) is 3.70. The molecule has 0 saturated heterocycles. The largest absolute Gasteiger partial charge is 0.480 e. The summed E-state index contributed by atoms with van der Waals surface area (Å²) in [5.74, 6) is 0.710. The van der Waals surface area contributed by atoms with E-state index in [0.29, 0.717) is 22.9 Å². The monoisotopic (exact) mass is 246 g/mol. The lowest BCUT2D eigenvalue weighted by molar-refractivity contribution is 0.310. The normalized spacial score (nSPS) is 11.0. The van der Waals surface area contributed by atoms with E-state index in [-0.39, 0.29) is 5.82 Å². The van der Waals surface area contributed by atoms with Crippen LogP contribution in [0.1, 0.15) is 5.69 Å². The first kappa shape index (κ1) is 10.5. The molecule has 0 unspecified atom stereocenters. The van der Waals surface area contributed by atoms with E-state index >= 15 is 0 Å². The van der Waals surface area contributed by atoms with Gasteiger partial charge in [0.15, 0.2) is 17.2 Å². The summed E-state index contributed by atoms with van der Waals surface area (Å²) in [6.07, 6.45) is 3.35. The van der Waals surface area contributed by atoms with E-state index in [4.69, 9.17) is 10.5 Å². The molecule has 0 aliphatic heterocycles. The van der Waals surface area contributed by atoms with Gasteiger partial charge in [-0.25, -0.2) is 14.6 Å². The summed E-state index contributed by atoms with van der Waals surface area (Å²) in [5.41, 5.74) is 8.23. The summed E-state index contributed by atoms with van der Waals surface area (Å²) < 4.78 is 11.5. The van der Waals surface area contributed by atoms with Crippen LogP contribution < -0.4 is 10.5 Å². The molecule has 0 atom stereocenters. The highest BCUT2D eigenvalue weighted by Gasteiger charge is 2.17. The van der Waals surface area contributed by atoms with E-state index in [1.165, 1.54) is 0 Å². The second-order valence-electron chi connectivity index (χ2n) is 3.70. The summed E-state index contributed by atoms with van der Waals surface area (Å²) in [7, 11) is 1.56. The van der Waals surface area contributed by atoms with E-state index in [1.54, 1.807) is 19.5 Å². The van der Waals surface area contributed by atoms with E-state index < -0.39 is 0 Å². The zero-order chi connectivity index (χ0) is 12.7. The first-order valence-corrected chi connectivity index (χ1v) is 5.18. The standard InChI is InChI=1S/C10H10N6O2/c1-5-8(9-10(11)15-18-14-9)13-6-3-12-7(17-2)4-16(5)6/h3-4H,1-2H3,(H2,11,15). The van der Waals surface area contributed by atoms with Gasteiger partial charge < -0.3 is 10.5 Å². The number of nitrogens with two attached hydrogens (primary N) is 1. The number of anilines is 1. The van der Waals surface area contributed by atoms with Crippen LogP contribution in [-0.2, 0) is 0 Å². The molecule has 0 radical (unpaired) electrons. The van der Waals surface area contributed by atoms with Crippen molar-refractivity contribution in [2.45, 2.75) is 6.92 Å². The Balaban J connectivity index is 2.26. The maximum absolute atomic E-state index is 5.66. The van der Waals surface area contributed by atoms with Crippen molar-refractivity contribution < 1.29 is 9.37 Å². The minimum absolute atomic E-state index is 0.210. The number of fused-ring (bicyclic) bond motifs is 1. The molecule has 3 aromatic heterocycles. The Morgan fingerprint density at radius 3 is 2.83 bits per heavy atom. The van der Waals surface area contributed by atoms with Gasteiger partial charge in [0.1, 0.15) is 5.69 Å². The second kappa shape index (κ2) is 3.69. The summed E-state index contributed by atoms with van der Waals surface area (Å²) in [4.78, 5) is 8.48. The van der Waals surface area contributed by atoms with Crippen molar-refractivity contribution in [2.75, 3.05) is 12.8 Å². The van der Waals surface area contributed by atoms with Crippen molar-refractivity contribution in [2.24, 2.45) is 0 Å². The summed E-state index contributed by atoms with van der Waals surface area (Å²) in [6.45, 7) is 1.89. The third-order valence-electron chi connectivity index (χ3n) is 2.67. The predicted molar refractivity (Wildman–Crippen MR) is 62.0 cm³/mol. The van der Waals surface area contributed by atoms with Gasteiger partial charge in [-0.3, -0.25) is 4.40 Å². The van der Waals surface area contributed by atoms with Crippen LogP contribution in [0, 0.1) is 6.92 Å². The number of imidazole rings is 1. The molecule has 0 fully saturated rings. The minimum atomic E-state index is 0.210. The topological polar surface area (TPSA) is 104 Å². The van der Waals surface area contributed by atoms with E-state index in [2.05, 4.69) is 24.9 Å². The average molecular weight is 246 g/mol. The number of aryl methyl sites for hydroxylation is 1. The number of hydrogen-bond acceptors (Lipinski definition) is 7. The molecule has 0 bridgehead atoms. The molecular weight excluding hydrogens is 236 g/mol. The van der Waals surface area contributed by atoms with Crippen molar-refractivity contribution in [3.63, 3.8) is 0 Å². The van der Waals surface area contributed by atoms with Crippen molar-refractivity contribution >= 4 is 11.5 Å². The molecule has 0 saturated carbocycles. The van der Waals surface area contributed by atoms with Crippen molar-refractivity contribution in [3.8, 4) is 17.3 Å². The number of hydrogen-bond donors (Lipinski definition) is 1. The zero-order valence-electron chi connectivity index (χ0n) is 9.78. The van der Waals surface area contributed by atoms with Crippen LogP contribution in [0.15, 0.2) is 17.0 Å². The molecule has 0 amide bonds. The molecule has 0 aliphatic carbocycles. The molecule has 18 heavy (non-hydrogen) atoms. The number of ether oxygens (including phenoxy) is 1. The van der Waals surface area contributed by atoms with E-state index in [1.807, 2.05) is 11.3 Å². The summed E-state index contributed by atoms with van der Waals surface area (Å²) in [6, 6.07) is 0. The van der Waals surface area contributed by atoms with Gasteiger partial charge >= 0.3 is 0 Å². The third kappa shape index (κ3) is 1.39. The Morgan fingerprint density at radius 2 is 2.17 bits per heavy atom. The summed E-state index contributed by atoms with van der Waals surface area (Å²) in [5, 5.41) is 7.29. The highest BCUT2D eigenvalue weighted by Crippen LogP contribution is 2.26. The van der Waals surface area contributed by atoms with Crippen LogP contribution >= 0.6 is 0 Å². The number of nitrogen functional groups attached to an aromatic ring is 1. The van der Waals surface area contributed by atoms with Gasteiger partial charge in [-0.15, -0.1) is 0 Å². The van der Waals surface area contributed by atoms with Crippen molar-refractivity contribution in [3.05, 3.63) is 18.1 Å². The van der Waals surface area contributed by atoms with Gasteiger partial charge in [0, 0.05) is 5.69 Å². The molecule has 0 spiro atoms. The Kier molecular flexibility index (Phi) is 2.15. The van der Waals surface area contributed by atoms with Crippen LogP contribution in [0.5, 0.6) is 5.88 Å². The average Bonchev–Trinajstić information content (AvgIpc) is 2.93. The molecule has 8 nitrogen and oxygen atoms in total. The van der Waals surface area contributed by atoms with Gasteiger partial charge in [0.05, 0.1) is 19.5 Å². The number of rotatable bonds is 2.